The number of anilines is 2. The quantitative estimate of drug-likeness (QED) is 0.494. The zero-order valence-electron chi connectivity index (χ0n) is 17.0. The molecule has 164 valence electrons. The summed E-state index contributed by atoms with van der Waals surface area (Å²) in [5.41, 5.74) is 1.93. The topological polar surface area (TPSA) is 92.3 Å². The molecule has 1 heterocycles. The van der Waals surface area contributed by atoms with E-state index < -0.39 is 22.0 Å². The van der Waals surface area contributed by atoms with Crippen LogP contribution in [0.15, 0.2) is 42.5 Å². The van der Waals surface area contributed by atoms with Crippen molar-refractivity contribution in [2.24, 2.45) is 0 Å². The molecule has 1 atom stereocenters. The van der Waals surface area contributed by atoms with E-state index in [9.17, 15) is 13.2 Å². The number of halogens is 2. The summed E-state index contributed by atoms with van der Waals surface area (Å²) in [7, 11) is -3.77. The summed E-state index contributed by atoms with van der Waals surface area (Å²) in [5, 5.41) is 12.7. The molecule has 1 unspecified atom stereocenters. The Morgan fingerprint density at radius 3 is 2.42 bits per heavy atom. The molecule has 3 rings (SSSR count). The fourth-order valence-corrected chi connectivity index (χ4v) is 5.21. The standard InChI is InChI=1S/C20H20Cl2N4O3S2/c1-4-17(26(31(3,28)29)15-10-5-12(2)16(22)11-15)18(27)23-20-25-24-19(30-20)13-6-8-14(21)9-7-13/h5-11,17H,4H2,1-3H3,(H,23,25,27). The molecule has 2 aromatic carbocycles. The van der Waals surface area contributed by atoms with Gasteiger partial charge < -0.3 is 0 Å². The molecule has 1 amide bonds. The molecular formula is C20H20Cl2N4O3S2. The summed E-state index contributed by atoms with van der Waals surface area (Å²) in [6, 6.07) is 11.0. The maximum absolute atomic E-state index is 13.0. The van der Waals surface area contributed by atoms with Crippen molar-refractivity contribution in [3.8, 4) is 10.6 Å². The van der Waals surface area contributed by atoms with Crippen molar-refractivity contribution in [3.63, 3.8) is 0 Å². The second kappa shape index (κ2) is 9.52. The van der Waals surface area contributed by atoms with E-state index in [1.165, 1.54) is 17.4 Å². The van der Waals surface area contributed by atoms with Gasteiger partial charge in [-0.3, -0.25) is 14.4 Å². The van der Waals surface area contributed by atoms with Gasteiger partial charge in [-0.1, -0.05) is 59.7 Å². The zero-order chi connectivity index (χ0) is 22.8. The van der Waals surface area contributed by atoms with Gasteiger partial charge in [-0.2, -0.15) is 0 Å². The van der Waals surface area contributed by atoms with Crippen LogP contribution in [0.5, 0.6) is 0 Å². The van der Waals surface area contributed by atoms with Gasteiger partial charge in [-0.15, -0.1) is 10.2 Å². The van der Waals surface area contributed by atoms with E-state index in [0.29, 0.717) is 20.7 Å². The summed E-state index contributed by atoms with van der Waals surface area (Å²) in [6.07, 6.45) is 1.30. The third kappa shape index (κ3) is 5.54. The first-order chi connectivity index (χ1) is 14.6. The average Bonchev–Trinajstić information content (AvgIpc) is 3.16. The van der Waals surface area contributed by atoms with Crippen LogP contribution in [0, 0.1) is 6.92 Å². The van der Waals surface area contributed by atoms with E-state index in [1.807, 2.05) is 6.92 Å². The number of carbonyl (C=O) groups excluding carboxylic acids is 1. The van der Waals surface area contributed by atoms with E-state index >= 15 is 0 Å². The average molecular weight is 499 g/mol. The van der Waals surface area contributed by atoms with Crippen LogP contribution >= 0.6 is 34.5 Å². The predicted octanol–water partition coefficient (Wildman–Crippen LogP) is 5.00. The molecule has 31 heavy (non-hydrogen) atoms. The van der Waals surface area contributed by atoms with Gasteiger partial charge in [0, 0.05) is 15.6 Å². The Morgan fingerprint density at radius 2 is 1.84 bits per heavy atom. The monoisotopic (exact) mass is 498 g/mol. The summed E-state index contributed by atoms with van der Waals surface area (Å²) < 4.78 is 26.2. The van der Waals surface area contributed by atoms with Gasteiger partial charge in [0.15, 0.2) is 0 Å². The predicted molar refractivity (Wildman–Crippen MR) is 127 cm³/mol. The van der Waals surface area contributed by atoms with Crippen molar-refractivity contribution in [2.75, 3.05) is 15.9 Å². The second-order valence-corrected chi connectivity index (χ2v) is 10.5. The van der Waals surface area contributed by atoms with Crippen LogP contribution in [-0.4, -0.2) is 36.8 Å². The molecule has 0 spiro atoms. The van der Waals surface area contributed by atoms with Gasteiger partial charge in [0.2, 0.25) is 21.1 Å². The summed E-state index contributed by atoms with van der Waals surface area (Å²) >= 11 is 13.3. The number of aryl methyl sites for hydroxylation is 1. The fourth-order valence-electron chi connectivity index (χ4n) is 2.95. The SMILES string of the molecule is CCC(C(=O)Nc1nnc(-c2ccc(Cl)cc2)s1)N(c1ccc(C)c(Cl)c1)S(C)(=O)=O. The molecule has 11 heteroatoms. The highest BCUT2D eigenvalue weighted by atomic mass is 35.5. The van der Waals surface area contributed by atoms with Crippen LogP contribution < -0.4 is 9.62 Å². The molecule has 0 saturated carbocycles. The number of nitrogens with one attached hydrogen (secondary N) is 1. The van der Waals surface area contributed by atoms with E-state index in [4.69, 9.17) is 23.2 Å². The minimum atomic E-state index is -3.77. The minimum absolute atomic E-state index is 0.243. The van der Waals surface area contributed by atoms with Crippen LogP contribution in [0.2, 0.25) is 10.0 Å². The van der Waals surface area contributed by atoms with Crippen molar-refractivity contribution < 1.29 is 13.2 Å². The molecule has 0 bridgehead atoms. The third-order valence-electron chi connectivity index (χ3n) is 4.49. The first-order valence-electron chi connectivity index (χ1n) is 9.26. The van der Waals surface area contributed by atoms with E-state index in [-0.39, 0.29) is 11.6 Å². The maximum atomic E-state index is 13.0. The largest absolute Gasteiger partial charge is 0.299 e. The Hall–Kier alpha value is -2.20. The normalized spacial score (nSPS) is 12.4. The molecule has 7 nitrogen and oxygen atoms in total. The van der Waals surface area contributed by atoms with Crippen molar-refractivity contribution in [1.29, 1.82) is 0 Å². The highest BCUT2D eigenvalue weighted by Crippen LogP contribution is 2.30. The first kappa shape index (κ1) is 23.5. The number of sulfonamides is 1. The number of hydrogen-bond donors (Lipinski definition) is 1. The van der Waals surface area contributed by atoms with Crippen LogP contribution in [0.4, 0.5) is 10.8 Å². The van der Waals surface area contributed by atoms with E-state index in [2.05, 4.69) is 15.5 Å². The summed E-state index contributed by atoms with van der Waals surface area (Å²) in [6.45, 7) is 3.55. The van der Waals surface area contributed by atoms with E-state index in [1.54, 1.807) is 43.3 Å². The molecule has 3 aromatic rings. The van der Waals surface area contributed by atoms with E-state index in [0.717, 1.165) is 21.7 Å². The number of amides is 1. The van der Waals surface area contributed by atoms with Crippen LogP contribution in [0.1, 0.15) is 18.9 Å². The Morgan fingerprint density at radius 1 is 1.16 bits per heavy atom. The molecule has 0 aliphatic heterocycles. The van der Waals surface area contributed by atoms with Crippen molar-refractivity contribution >= 4 is 61.3 Å². The lowest BCUT2D eigenvalue weighted by Gasteiger charge is -2.30. The maximum Gasteiger partial charge on any atom is 0.250 e. The van der Waals surface area contributed by atoms with Gasteiger partial charge in [-0.05, 0) is 43.2 Å². The zero-order valence-corrected chi connectivity index (χ0v) is 20.1. The molecule has 0 fully saturated rings. The van der Waals surface area contributed by atoms with Gasteiger partial charge in [0.25, 0.3) is 0 Å². The third-order valence-corrected chi connectivity index (χ3v) is 7.21. The Kier molecular flexibility index (Phi) is 7.20. The lowest BCUT2D eigenvalue weighted by Crippen LogP contribution is -2.47. The second-order valence-electron chi connectivity index (χ2n) is 6.82. The van der Waals surface area contributed by atoms with Crippen LogP contribution in [-0.2, 0) is 14.8 Å². The fraction of sp³-hybridized carbons (Fsp3) is 0.250. The molecule has 0 aliphatic carbocycles. The van der Waals surface area contributed by atoms with Crippen molar-refractivity contribution in [1.82, 2.24) is 10.2 Å². The molecular weight excluding hydrogens is 479 g/mol. The van der Waals surface area contributed by atoms with Gasteiger partial charge in [-0.25, -0.2) is 8.42 Å². The van der Waals surface area contributed by atoms with Crippen molar-refractivity contribution in [3.05, 3.63) is 58.1 Å². The molecule has 0 saturated heterocycles. The van der Waals surface area contributed by atoms with Gasteiger partial charge in [0.1, 0.15) is 11.0 Å². The number of carbonyl (C=O) groups is 1. The summed E-state index contributed by atoms with van der Waals surface area (Å²) in [4.78, 5) is 13.0. The molecule has 1 aromatic heterocycles. The Labute approximate surface area is 195 Å². The number of aromatic nitrogens is 2. The number of rotatable bonds is 7. The smallest absolute Gasteiger partial charge is 0.250 e. The highest BCUT2D eigenvalue weighted by Gasteiger charge is 2.32. The van der Waals surface area contributed by atoms with Gasteiger partial charge >= 0.3 is 0 Å². The molecule has 1 N–H and O–H groups in total. The minimum Gasteiger partial charge on any atom is -0.299 e. The van der Waals surface area contributed by atoms with Crippen molar-refractivity contribution in [2.45, 2.75) is 26.3 Å². The van der Waals surface area contributed by atoms with Crippen LogP contribution in [0.25, 0.3) is 10.6 Å². The Balaban J connectivity index is 1.87. The van der Waals surface area contributed by atoms with Gasteiger partial charge in [0.05, 0.1) is 11.9 Å². The lowest BCUT2D eigenvalue weighted by molar-refractivity contribution is -0.117. The molecule has 0 aliphatic rings. The van der Waals surface area contributed by atoms with Crippen LogP contribution in [0.3, 0.4) is 0 Å². The number of hydrogen-bond acceptors (Lipinski definition) is 6. The highest BCUT2D eigenvalue weighted by molar-refractivity contribution is 7.92. The number of benzene rings is 2. The first-order valence-corrected chi connectivity index (χ1v) is 12.7. The Bertz CT molecular complexity index is 1200. The summed E-state index contributed by atoms with van der Waals surface area (Å²) in [5.74, 6) is -0.511. The number of nitrogens with zero attached hydrogens (tertiary/aromatic N) is 3. The molecule has 0 radical (unpaired) electrons. The lowest BCUT2D eigenvalue weighted by atomic mass is 10.1.